The largest absolute Gasteiger partial charge is 0.372 e. The lowest BCUT2D eigenvalue weighted by Gasteiger charge is -1.98. The molecule has 0 radical (unpaired) electrons. The highest BCUT2D eigenvalue weighted by atomic mass is 32.2. The molecule has 1 saturated heterocycles. The lowest BCUT2D eigenvalue weighted by Crippen LogP contribution is -1.87. The van der Waals surface area contributed by atoms with Gasteiger partial charge in [-0.25, -0.2) is 0 Å². The Bertz CT molecular complexity index is 251. The molecule has 64 valence electrons. The van der Waals surface area contributed by atoms with E-state index >= 15 is 0 Å². The van der Waals surface area contributed by atoms with Crippen molar-refractivity contribution in [1.82, 2.24) is 0 Å². The average molecular weight is 180 g/mol. The summed E-state index contributed by atoms with van der Waals surface area (Å²) in [5.74, 6) is 1.10. The number of thioether (sulfide) groups is 1. The molecule has 1 aromatic carbocycles. The number of rotatable bonds is 3. The standard InChI is InChI=1S/C10H12OS/c1-8-2-4-10(5-3-8)12-7-9-6-11-9/h2-5,9H,6-7H2,1H3/t9-/m1/s1. The van der Waals surface area contributed by atoms with E-state index in [-0.39, 0.29) is 0 Å². The van der Waals surface area contributed by atoms with Crippen molar-refractivity contribution in [2.45, 2.75) is 17.9 Å². The van der Waals surface area contributed by atoms with Crippen LogP contribution in [0.5, 0.6) is 0 Å². The number of benzene rings is 1. The Morgan fingerprint density at radius 1 is 1.42 bits per heavy atom. The van der Waals surface area contributed by atoms with E-state index in [1.807, 2.05) is 11.8 Å². The maximum Gasteiger partial charge on any atom is 0.0903 e. The van der Waals surface area contributed by atoms with Gasteiger partial charge in [0.05, 0.1) is 12.7 Å². The Morgan fingerprint density at radius 3 is 2.67 bits per heavy atom. The molecule has 1 aromatic rings. The Morgan fingerprint density at radius 2 is 2.08 bits per heavy atom. The molecule has 0 unspecified atom stereocenters. The molecular formula is C10H12OS. The molecule has 1 nitrogen and oxygen atoms in total. The highest BCUT2D eigenvalue weighted by molar-refractivity contribution is 7.99. The quantitative estimate of drug-likeness (QED) is 0.523. The monoisotopic (exact) mass is 180 g/mol. The van der Waals surface area contributed by atoms with E-state index in [9.17, 15) is 0 Å². The summed E-state index contributed by atoms with van der Waals surface area (Å²) >= 11 is 1.87. The van der Waals surface area contributed by atoms with E-state index in [0.29, 0.717) is 6.10 Å². The fourth-order valence-electron chi connectivity index (χ4n) is 0.988. The molecule has 1 atom stereocenters. The van der Waals surface area contributed by atoms with Gasteiger partial charge in [0.15, 0.2) is 0 Å². The topological polar surface area (TPSA) is 12.5 Å². The van der Waals surface area contributed by atoms with E-state index in [1.54, 1.807) is 0 Å². The summed E-state index contributed by atoms with van der Waals surface area (Å²) in [6, 6.07) is 8.64. The predicted molar refractivity (Wildman–Crippen MR) is 51.6 cm³/mol. The molecule has 1 heterocycles. The van der Waals surface area contributed by atoms with Crippen LogP contribution in [0.4, 0.5) is 0 Å². The summed E-state index contributed by atoms with van der Waals surface area (Å²) < 4.78 is 5.13. The van der Waals surface area contributed by atoms with Gasteiger partial charge in [-0.1, -0.05) is 17.7 Å². The van der Waals surface area contributed by atoms with Gasteiger partial charge in [0.2, 0.25) is 0 Å². The molecule has 1 aliphatic heterocycles. The van der Waals surface area contributed by atoms with E-state index < -0.39 is 0 Å². The van der Waals surface area contributed by atoms with Gasteiger partial charge >= 0.3 is 0 Å². The van der Waals surface area contributed by atoms with Crippen molar-refractivity contribution in [2.24, 2.45) is 0 Å². The fraction of sp³-hybridized carbons (Fsp3) is 0.400. The molecule has 2 heteroatoms. The van der Waals surface area contributed by atoms with E-state index in [1.165, 1.54) is 10.5 Å². The van der Waals surface area contributed by atoms with Crippen LogP contribution in [-0.4, -0.2) is 18.5 Å². The number of ether oxygens (including phenoxy) is 1. The molecule has 1 aliphatic rings. The maximum atomic E-state index is 5.13. The normalized spacial score (nSPS) is 20.9. The van der Waals surface area contributed by atoms with Crippen LogP contribution in [-0.2, 0) is 4.74 Å². The van der Waals surface area contributed by atoms with Gasteiger partial charge in [0.25, 0.3) is 0 Å². The lowest BCUT2D eigenvalue weighted by atomic mass is 10.2. The minimum Gasteiger partial charge on any atom is -0.372 e. The first-order valence-electron chi connectivity index (χ1n) is 4.16. The van der Waals surface area contributed by atoms with E-state index in [0.717, 1.165) is 12.4 Å². The van der Waals surface area contributed by atoms with Crippen molar-refractivity contribution >= 4 is 11.8 Å². The number of hydrogen-bond acceptors (Lipinski definition) is 2. The van der Waals surface area contributed by atoms with Gasteiger partial charge in [-0.2, -0.15) is 0 Å². The van der Waals surface area contributed by atoms with Crippen LogP contribution >= 0.6 is 11.8 Å². The molecule has 0 bridgehead atoms. The SMILES string of the molecule is Cc1ccc(SC[C@H]2CO2)cc1. The molecule has 0 aromatic heterocycles. The zero-order valence-electron chi connectivity index (χ0n) is 7.12. The highest BCUT2D eigenvalue weighted by Gasteiger charge is 2.21. The second kappa shape index (κ2) is 3.50. The molecule has 0 N–H and O–H groups in total. The third-order valence-electron chi connectivity index (χ3n) is 1.86. The second-order valence-electron chi connectivity index (χ2n) is 3.08. The molecule has 12 heavy (non-hydrogen) atoms. The van der Waals surface area contributed by atoms with Crippen LogP contribution in [0, 0.1) is 6.92 Å². The summed E-state index contributed by atoms with van der Waals surface area (Å²) in [5, 5.41) is 0. The smallest absolute Gasteiger partial charge is 0.0903 e. The third kappa shape index (κ3) is 2.26. The number of aryl methyl sites for hydroxylation is 1. The average Bonchev–Trinajstić information content (AvgIpc) is 2.87. The first-order chi connectivity index (χ1) is 5.84. The third-order valence-corrected chi connectivity index (χ3v) is 3.00. The summed E-state index contributed by atoms with van der Waals surface area (Å²) in [4.78, 5) is 1.34. The van der Waals surface area contributed by atoms with E-state index in [2.05, 4.69) is 31.2 Å². The molecule has 0 aliphatic carbocycles. The first kappa shape index (κ1) is 8.14. The van der Waals surface area contributed by atoms with Crippen LogP contribution in [0.2, 0.25) is 0 Å². The van der Waals surface area contributed by atoms with Gasteiger partial charge in [0.1, 0.15) is 0 Å². The minimum absolute atomic E-state index is 0.524. The summed E-state index contributed by atoms with van der Waals surface area (Å²) in [6.45, 7) is 3.07. The first-order valence-corrected chi connectivity index (χ1v) is 5.14. The van der Waals surface area contributed by atoms with Crippen molar-refractivity contribution in [1.29, 1.82) is 0 Å². The molecular weight excluding hydrogens is 168 g/mol. The van der Waals surface area contributed by atoms with Crippen molar-refractivity contribution < 1.29 is 4.74 Å². The van der Waals surface area contributed by atoms with Gasteiger partial charge in [-0.15, -0.1) is 11.8 Å². The van der Waals surface area contributed by atoms with Gasteiger partial charge in [-0.3, -0.25) is 0 Å². The molecule has 1 fully saturated rings. The lowest BCUT2D eigenvalue weighted by molar-refractivity contribution is 0.426. The number of hydrogen-bond donors (Lipinski definition) is 0. The Hall–Kier alpha value is -0.470. The van der Waals surface area contributed by atoms with Crippen molar-refractivity contribution in [3.63, 3.8) is 0 Å². The Kier molecular flexibility index (Phi) is 2.38. The Balaban J connectivity index is 1.89. The van der Waals surface area contributed by atoms with E-state index in [4.69, 9.17) is 4.74 Å². The predicted octanol–water partition coefficient (Wildman–Crippen LogP) is 2.49. The zero-order chi connectivity index (χ0) is 8.39. The molecule has 0 spiro atoms. The highest BCUT2D eigenvalue weighted by Crippen LogP contribution is 2.23. The van der Waals surface area contributed by atoms with Crippen LogP contribution in [0.3, 0.4) is 0 Å². The minimum atomic E-state index is 0.524. The van der Waals surface area contributed by atoms with Crippen molar-refractivity contribution in [3.8, 4) is 0 Å². The molecule has 0 amide bonds. The Labute approximate surface area is 77.1 Å². The molecule has 0 saturated carbocycles. The fourth-order valence-corrected chi connectivity index (χ4v) is 1.89. The zero-order valence-corrected chi connectivity index (χ0v) is 7.93. The van der Waals surface area contributed by atoms with Gasteiger partial charge < -0.3 is 4.74 Å². The van der Waals surface area contributed by atoms with Crippen LogP contribution < -0.4 is 0 Å². The summed E-state index contributed by atoms with van der Waals surface area (Å²) in [5.41, 5.74) is 1.32. The maximum absolute atomic E-state index is 5.13. The van der Waals surface area contributed by atoms with Gasteiger partial charge in [-0.05, 0) is 19.1 Å². The van der Waals surface area contributed by atoms with Crippen LogP contribution in [0.25, 0.3) is 0 Å². The summed E-state index contributed by atoms with van der Waals surface area (Å²) in [7, 11) is 0. The van der Waals surface area contributed by atoms with Crippen LogP contribution in [0.1, 0.15) is 5.56 Å². The number of epoxide rings is 1. The van der Waals surface area contributed by atoms with Crippen molar-refractivity contribution in [3.05, 3.63) is 29.8 Å². The van der Waals surface area contributed by atoms with Gasteiger partial charge in [0, 0.05) is 10.6 Å². The summed E-state index contributed by atoms with van der Waals surface area (Å²) in [6.07, 6.45) is 0.524. The van der Waals surface area contributed by atoms with Crippen molar-refractivity contribution in [2.75, 3.05) is 12.4 Å². The second-order valence-corrected chi connectivity index (χ2v) is 4.17. The molecule has 2 rings (SSSR count). The van der Waals surface area contributed by atoms with Crippen LogP contribution in [0.15, 0.2) is 29.2 Å².